The van der Waals surface area contributed by atoms with Crippen LogP contribution < -0.4 is 26.0 Å². The predicted octanol–water partition coefficient (Wildman–Crippen LogP) is 2.65. The second-order valence-corrected chi connectivity index (χ2v) is 8.56. The fourth-order valence-electron chi connectivity index (χ4n) is 3.83. The lowest BCUT2D eigenvalue weighted by molar-refractivity contribution is -0.119. The van der Waals surface area contributed by atoms with Crippen molar-refractivity contribution >= 4 is 27.7 Å². The summed E-state index contributed by atoms with van der Waals surface area (Å²) in [5, 5.41) is 0.582. The number of nitrogens with one attached hydrogen (secondary N) is 1. The number of pyridine rings is 3. The van der Waals surface area contributed by atoms with Gasteiger partial charge in [-0.05, 0) is 35.9 Å². The number of aromatic nitrogens is 3. The Morgan fingerprint density at radius 2 is 1.68 bits per heavy atom. The van der Waals surface area contributed by atoms with E-state index in [0.29, 0.717) is 47.7 Å². The first-order valence-electron chi connectivity index (χ1n) is 11.2. The normalized spacial score (nSPS) is 13.3. The largest absolute Gasteiger partial charge is 0.490 e. The highest BCUT2D eigenvalue weighted by Gasteiger charge is 2.14. The van der Waals surface area contributed by atoms with Gasteiger partial charge in [-0.1, -0.05) is 19.9 Å². The Hall–Kier alpha value is -4.14. The smallest absolute Gasteiger partial charge is 0.278 e. The Labute approximate surface area is 194 Å². The number of hydrogen-bond donors (Lipinski definition) is 1. The minimum Gasteiger partial charge on any atom is -0.490 e. The zero-order chi connectivity index (χ0) is 23.8. The van der Waals surface area contributed by atoms with E-state index in [1.54, 1.807) is 42.8 Å². The molecule has 0 bridgehead atoms. The third-order valence-corrected chi connectivity index (χ3v) is 5.74. The number of benzene rings is 1. The zero-order valence-corrected chi connectivity index (χ0v) is 18.9. The van der Waals surface area contributed by atoms with Crippen molar-refractivity contribution in [3.63, 3.8) is 0 Å². The summed E-state index contributed by atoms with van der Waals surface area (Å²) in [6.45, 7) is 5.00. The Kier molecular flexibility index (Phi) is 5.53. The van der Waals surface area contributed by atoms with E-state index in [0.717, 1.165) is 16.7 Å². The number of amides is 1. The molecule has 1 aliphatic heterocycles. The average molecular weight is 460 g/mol. The van der Waals surface area contributed by atoms with Crippen LogP contribution in [0.5, 0.6) is 11.5 Å². The second-order valence-electron chi connectivity index (χ2n) is 8.56. The molecule has 0 aliphatic carbocycles. The van der Waals surface area contributed by atoms with Crippen LogP contribution in [0.3, 0.4) is 0 Å². The van der Waals surface area contributed by atoms with Crippen LogP contribution in [0.4, 0.5) is 0 Å². The average Bonchev–Trinajstić information content (AvgIpc) is 3.07. The molecule has 1 aliphatic rings. The summed E-state index contributed by atoms with van der Waals surface area (Å²) in [6.07, 6.45) is 3.98. The first-order valence-corrected chi connectivity index (χ1v) is 11.2. The van der Waals surface area contributed by atoms with Gasteiger partial charge >= 0.3 is 0 Å². The molecule has 3 aromatic heterocycles. The van der Waals surface area contributed by atoms with Crippen LogP contribution in [0.15, 0.2) is 58.4 Å². The number of carbonyl (C=O) groups is 1. The molecule has 174 valence electrons. The molecule has 0 unspecified atom stereocenters. The van der Waals surface area contributed by atoms with Gasteiger partial charge in [0.25, 0.3) is 11.1 Å². The molecular weight excluding hydrogens is 436 g/mol. The quantitative estimate of drug-likeness (QED) is 0.470. The molecule has 5 rings (SSSR count). The summed E-state index contributed by atoms with van der Waals surface area (Å²) >= 11 is 0. The number of rotatable bonds is 4. The van der Waals surface area contributed by atoms with Gasteiger partial charge in [0.15, 0.2) is 11.5 Å². The molecule has 0 saturated heterocycles. The molecule has 0 spiro atoms. The molecule has 1 N–H and O–H groups in total. The molecule has 0 atom stereocenters. The van der Waals surface area contributed by atoms with Gasteiger partial charge in [-0.15, -0.1) is 0 Å². The van der Waals surface area contributed by atoms with Crippen LogP contribution in [0.2, 0.25) is 0 Å². The summed E-state index contributed by atoms with van der Waals surface area (Å²) in [5.74, 6) is 0.797. The van der Waals surface area contributed by atoms with Crippen molar-refractivity contribution in [2.75, 3.05) is 18.6 Å². The summed E-state index contributed by atoms with van der Waals surface area (Å²) in [6, 6.07) is 10.6. The van der Waals surface area contributed by atoms with Gasteiger partial charge in [-0.3, -0.25) is 19.8 Å². The van der Waals surface area contributed by atoms with E-state index >= 15 is 0 Å². The highest BCUT2D eigenvalue weighted by Crippen LogP contribution is 2.30. The number of nitrogens with zero attached hydrogens (tertiary/aromatic N) is 3. The molecule has 9 heteroatoms. The standard InChI is InChI=1S/C25H24N4O5/c1-15(2)23(30)27-29-9-7-20-18(25(29)32)13-17-19(26-20)6-8-28(24(17)31)14-16-4-5-21-22(12-16)34-11-3-10-33-21/h4-9,12-13,15H,3,10-11,14H2,1-2H3,(H,27,30). The molecule has 4 heterocycles. The summed E-state index contributed by atoms with van der Waals surface area (Å²) < 4.78 is 14.1. The third-order valence-electron chi connectivity index (χ3n) is 5.74. The Morgan fingerprint density at radius 3 is 2.44 bits per heavy atom. The fraction of sp³-hybridized carbons (Fsp3) is 0.280. The monoisotopic (exact) mass is 460 g/mol. The molecule has 4 aromatic rings. The molecule has 0 radical (unpaired) electrons. The van der Waals surface area contributed by atoms with Gasteiger partial charge in [-0.25, -0.2) is 9.66 Å². The molecule has 1 amide bonds. The highest BCUT2D eigenvalue weighted by molar-refractivity contribution is 5.92. The zero-order valence-electron chi connectivity index (χ0n) is 18.9. The Balaban J connectivity index is 1.54. The molecule has 1 aromatic carbocycles. The summed E-state index contributed by atoms with van der Waals surface area (Å²) in [4.78, 5) is 42.8. The maximum atomic E-state index is 13.3. The van der Waals surface area contributed by atoms with Gasteiger partial charge in [0, 0.05) is 24.7 Å². The lowest BCUT2D eigenvalue weighted by atomic mass is 10.1. The summed E-state index contributed by atoms with van der Waals surface area (Å²) in [7, 11) is 0. The van der Waals surface area contributed by atoms with Crippen LogP contribution in [0.1, 0.15) is 25.8 Å². The van der Waals surface area contributed by atoms with E-state index in [-0.39, 0.29) is 22.8 Å². The van der Waals surface area contributed by atoms with Gasteiger partial charge in [0.05, 0.1) is 41.6 Å². The first-order chi connectivity index (χ1) is 16.4. The van der Waals surface area contributed by atoms with Crippen LogP contribution in [-0.4, -0.2) is 33.3 Å². The van der Waals surface area contributed by atoms with Crippen molar-refractivity contribution in [3.05, 3.63) is 75.1 Å². The Bertz CT molecular complexity index is 1540. The van der Waals surface area contributed by atoms with Crippen LogP contribution >= 0.6 is 0 Å². The maximum Gasteiger partial charge on any atom is 0.278 e. The minimum atomic E-state index is -0.446. The minimum absolute atomic E-state index is 0.254. The van der Waals surface area contributed by atoms with E-state index in [2.05, 4.69) is 10.4 Å². The predicted molar refractivity (Wildman–Crippen MR) is 128 cm³/mol. The van der Waals surface area contributed by atoms with E-state index in [9.17, 15) is 14.4 Å². The van der Waals surface area contributed by atoms with Gasteiger partial charge in [0.1, 0.15) is 0 Å². The lowest BCUT2D eigenvalue weighted by Crippen LogP contribution is -2.34. The molecule has 34 heavy (non-hydrogen) atoms. The number of carbonyl (C=O) groups excluding carboxylic acids is 1. The van der Waals surface area contributed by atoms with Crippen molar-refractivity contribution in [2.24, 2.45) is 5.92 Å². The van der Waals surface area contributed by atoms with E-state index in [1.807, 2.05) is 18.2 Å². The molecule has 0 fully saturated rings. The first kappa shape index (κ1) is 21.7. The van der Waals surface area contributed by atoms with Crippen molar-refractivity contribution < 1.29 is 14.3 Å². The van der Waals surface area contributed by atoms with Gasteiger partial charge in [0.2, 0.25) is 5.91 Å². The van der Waals surface area contributed by atoms with E-state index < -0.39 is 5.56 Å². The summed E-state index contributed by atoms with van der Waals surface area (Å²) in [5.41, 5.74) is 3.70. The highest BCUT2D eigenvalue weighted by atomic mass is 16.5. The van der Waals surface area contributed by atoms with Crippen molar-refractivity contribution in [1.29, 1.82) is 0 Å². The van der Waals surface area contributed by atoms with E-state index in [4.69, 9.17) is 9.47 Å². The van der Waals surface area contributed by atoms with Crippen LogP contribution in [0.25, 0.3) is 21.8 Å². The van der Waals surface area contributed by atoms with Crippen LogP contribution in [-0.2, 0) is 11.3 Å². The third kappa shape index (κ3) is 4.00. The Morgan fingerprint density at radius 1 is 0.971 bits per heavy atom. The molecular formula is C25H24N4O5. The van der Waals surface area contributed by atoms with Crippen LogP contribution in [0, 0.1) is 5.92 Å². The number of fused-ring (bicyclic) bond motifs is 3. The van der Waals surface area contributed by atoms with Gasteiger partial charge in [-0.2, -0.15) is 0 Å². The fourth-order valence-corrected chi connectivity index (χ4v) is 3.83. The lowest BCUT2D eigenvalue weighted by Gasteiger charge is -2.12. The van der Waals surface area contributed by atoms with Crippen molar-refractivity contribution in [1.82, 2.24) is 14.2 Å². The molecule has 0 saturated carbocycles. The SMILES string of the molecule is CC(C)C(=O)Nn1ccc2nc3ccn(Cc4ccc5c(c4)OCCCO5)c(=O)c3cc2c1=O. The van der Waals surface area contributed by atoms with E-state index in [1.165, 1.54) is 6.20 Å². The second kappa shape index (κ2) is 8.66. The molecule has 9 nitrogen and oxygen atoms in total. The maximum absolute atomic E-state index is 13.3. The van der Waals surface area contributed by atoms with Crippen molar-refractivity contribution in [2.45, 2.75) is 26.8 Å². The van der Waals surface area contributed by atoms with Crippen molar-refractivity contribution in [3.8, 4) is 11.5 Å². The number of hydrogen-bond acceptors (Lipinski definition) is 6. The van der Waals surface area contributed by atoms with Gasteiger partial charge < -0.3 is 14.0 Å². The number of ether oxygens (including phenoxy) is 2. The topological polar surface area (TPSA) is 104 Å².